The smallest absolute Gasteiger partial charge is 0.108 e. The number of halogens is 2. The Bertz CT molecular complexity index is 490. The molecule has 1 aromatic carbocycles. The van der Waals surface area contributed by atoms with E-state index in [2.05, 4.69) is 6.92 Å². The third kappa shape index (κ3) is 3.05. The Morgan fingerprint density at radius 2 is 2.12 bits per heavy atom. The molecule has 0 spiro atoms. The van der Waals surface area contributed by atoms with Gasteiger partial charge in [-0.2, -0.15) is 0 Å². The highest BCUT2D eigenvalue weighted by molar-refractivity contribution is 6.30. The van der Waals surface area contributed by atoms with Gasteiger partial charge in [0.15, 0.2) is 0 Å². The van der Waals surface area contributed by atoms with Crippen molar-refractivity contribution in [1.82, 2.24) is 0 Å². The summed E-state index contributed by atoms with van der Waals surface area (Å²) in [5.74, 6) is 0.965. The average molecular weight is 269 g/mol. The minimum atomic E-state index is -0.0674. The molecule has 90 valence electrons. The summed E-state index contributed by atoms with van der Waals surface area (Å²) in [6, 6.07) is 9.73. The zero-order chi connectivity index (χ0) is 12.3. The van der Waals surface area contributed by atoms with Gasteiger partial charge in [0.05, 0.1) is 11.6 Å². The quantitative estimate of drug-likeness (QED) is 0.710. The van der Waals surface area contributed by atoms with Crippen LogP contribution >= 0.6 is 23.2 Å². The van der Waals surface area contributed by atoms with E-state index in [-0.39, 0.29) is 5.38 Å². The van der Waals surface area contributed by atoms with E-state index in [4.69, 9.17) is 27.6 Å². The van der Waals surface area contributed by atoms with Crippen molar-refractivity contribution in [2.45, 2.75) is 25.1 Å². The van der Waals surface area contributed by atoms with Gasteiger partial charge in [0.2, 0.25) is 0 Å². The molecule has 3 heteroatoms. The van der Waals surface area contributed by atoms with Crippen molar-refractivity contribution in [3.8, 4) is 0 Å². The maximum absolute atomic E-state index is 6.42. The van der Waals surface area contributed by atoms with Crippen LogP contribution in [0.1, 0.15) is 29.2 Å². The Balaban J connectivity index is 2.14. The van der Waals surface area contributed by atoms with E-state index in [0.29, 0.717) is 0 Å². The molecule has 1 aromatic heterocycles. The predicted molar refractivity (Wildman–Crippen MR) is 71.8 cm³/mol. The Morgan fingerprint density at radius 3 is 2.82 bits per heavy atom. The SMILES string of the molecule is CCc1occc1C(Cl)Cc1cccc(Cl)c1. The number of benzene rings is 1. The maximum atomic E-state index is 6.42. The first-order chi connectivity index (χ1) is 8.20. The van der Waals surface area contributed by atoms with Crippen LogP contribution in [0, 0.1) is 0 Å². The molecule has 0 saturated carbocycles. The fourth-order valence-corrected chi connectivity index (χ4v) is 2.48. The summed E-state index contributed by atoms with van der Waals surface area (Å²) in [6.07, 6.45) is 3.32. The average Bonchev–Trinajstić information content (AvgIpc) is 2.77. The van der Waals surface area contributed by atoms with Gasteiger partial charge >= 0.3 is 0 Å². The zero-order valence-electron chi connectivity index (χ0n) is 9.62. The van der Waals surface area contributed by atoms with Crippen LogP contribution < -0.4 is 0 Å². The highest BCUT2D eigenvalue weighted by atomic mass is 35.5. The third-order valence-electron chi connectivity index (χ3n) is 2.74. The second kappa shape index (κ2) is 5.61. The van der Waals surface area contributed by atoms with Crippen LogP contribution in [-0.4, -0.2) is 0 Å². The fraction of sp³-hybridized carbons (Fsp3) is 0.286. The van der Waals surface area contributed by atoms with Crippen LogP contribution in [0.5, 0.6) is 0 Å². The van der Waals surface area contributed by atoms with Gasteiger partial charge in [0, 0.05) is 17.0 Å². The third-order valence-corrected chi connectivity index (χ3v) is 3.37. The predicted octanol–water partition coefficient (Wildman–Crippen LogP) is 5.02. The van der Waals surface area contributed by atoms with E-state index in [1.54, 1.807) is 6.26 Å². The van der Waals surface area contributed by atoms with E-state index >= 15 is 0 Å². The van der Waals surface area contributed by atoms with Crippen molar-refractivity contribution >= 4 is 23.2 Å². The number of rotatable bonds is 4. The molecular weight excluding hydrogens is 255 g/mol. The van der Waals surface area contributed by atoms with E-state index < -0.39 is 0 Å². The minimum Gasteiger partial charge on any atom is -0.469 e. The Labute approximate surface area is 111 Å². The highest BCUT2D eigenvalue weighted by Crippen LogP contribution is 2.29. The molecule has 0 N–H and O–H groups in total. The lowest BCUT2D eigenvalue weighted by Crippen LogP contribution is -1.97. The standard InChI is InChI=1S/C14H14Cl2O/c1-2-14-12(6-7-17-14)13(16)9-10-4-3-5-11(15)8-10/h3-8,13H,2,9H2,1H3. The fourth-order valence-electron chi connectivity index (χ4n) is 1.90. The first-order valence-electron chi connectivity index (χ1n) is 5.65. The molecule has 0 saturated heterocycles. The summed E-state index contributed by atoms with van der Waals surface area (Å²) in [6.45, 7) is 2.06. The molecule has 0 amide bonds. The number of aryl methyl sites for hydroxylation is 1. The monoisotopic (exact) mass is 268 g/mol. The van der Waals surface area contributed by atoms with Crippen molar-refractivity contribution in [2.24, 2.45) is 0 Å². The van der Waals surface area contributed by atoms with Gasteiger partial charge in [-0.25, -0.2) is 0 Å². The normalized spacial score (nSPS) is 12.6. The summed E-state index contributed by atoms with van der Waals surface area (Å²) in [4.78, 5) is 0. The van der Waals surface area contributed by atoms with Gasteiger partial charge in [-0.3, -0.25) is 0 Å². The van der Waals surface area contributed by atoms with Crippen molar-refractivity contribution in [2.75, 3.05) is 0 Å². The lowest BCUT2D eigenvalue weighted by atomic mass is 10.0. The molecule has 0 bridgehead atoms. The molecule has 2 aromatic rings. The number of alkyl halides is 1. The van der Waals surface area contributed by atoms with Gasteiger partial charge < -0.3 is 4.42 Å². The Hall–Kier alpha value is -0.920. The summed E-state index contributed by atoms with van der Waals surface area (Å²) in [5, 5.41) is 0.677. The van der Waals surface area contributed by atoms with Gasteiger partial charge in [0.1, 0.15) is 5.76 Å². The van der Waals surface area contributed by atoms with Gasteiger partial charge in [0.25, 0.3) is 0 Å². The summed E-state index contributed by atoms with van der Waals surface area (Å²) in [7, 11) is 0. The van der Waals surface area contributed by atoms with Crippen LogP contribution in [0.3, 0.4) is 0 Å². The molecule has 2 rings (SSSR count). The molecule has 0 fully saturated rings. The van der Waals surface area contributed by atoms with Crippen molar-refractivity contribution < 1.29 is 4.42 Å². The first kappa shape index (κ1) is 12.5. The Morgan fingerprint density at radius 1 is 1.29 bits per heavy atom. The molecular formula is C14H14Cl2O. The number of hydrogen-bond donors (Lipinski definition) is 0. The maximum Gasteiger partial charge on any atom is 0.108 e. The molecule has 1 nitrogen and oxygen atoms in total. The first-order valence-corrected chi connectivity index (χ1v) is 6.47. The molecule has 1 unspecified atom stereocenters. The lowest BCUT2D eigenvalue weighted by Gasteiger charge is -2.09. The van der Waals surface area contributed by atoms with Gasteiger partial charge in [-0.15, -0.1) is 11.6 Å². The number of furan rings is 1. The summed E-state index contributed by atoms with van der Waals surface area (Å²) in [5.41, 5.74) is 2.22. The molecule has 0 aliphatic carbocycles. The second-order valence-corrected chi connectivity index (χ2v) is 4.92. The minimum absolute atomic E-state index is 0.0674. The molecule has 0 aliphatic rings. The van der Waals surface area contributed by atoms with E-state index in [1.165, 1.54) is 0 Å². The largest absolute Gasteiger partial charge is 0.469 e. The van der Waals surface area contributed by atoms with Crippen molar-refractivity contribution in [3.05, 3.63) is 58.5 Å². The number of hydrogen-bond acceptors (Lipinski definition) is 1. The summed E-state index contributed by atoms with van der Waals surface area (Å²) >= 11 is 12.4. The van der Waals surface area contributed by atoms with Gasteiger partial charge in [-0.05, 0) is 30.2 Å². The van der Waals surface area contributed by atoms with E-state index in [0.717, 1.165) is 34.8 Å². The topological polar surface area (TPSA) is 13.1 Å². The molecule has 0 aliphatic heterocycles. The molecule has 0 radical (unpaired) electrons. The molecule has 17 heavy (non-hydrogen) atoms. The van der Waals surface area contributed by atoms with Crippen molar-refractivity contribution in [3.63, 3.8) is 0 Å². The van der Waals surface area contributed by atoms with Crippen LogP contribution in [-0.2, 0) is 12.8 Å². The highest BCUT2D eigenvalue weighted by Gasteiger charge is 2.15. The van der Waals surface area contributed by atoms with Crippen LogP contribution in [0.4, 0.5) is 0 Å². The van der Waals surface area contributed by atoms with E-state index in [1.807, 2.05) is 30.3 Å². The zero-order valence-corrected chi connectivity index (χ0v) is 11.1. The summed E-state index contributed by atoms with van der Waals surface area (Å²) < 4.78 is 5.39. The van der Waals surface area contributed by atoms with Crippen LogP contribution in [0.2, 0.25) is 5.02 Å². The Kier molecular flexibility index (Phi) is 4.14. The second-order valence-electron chi connectivity index (χ2n) is 3.95. The van der Waals surface area contributed by atoms with E-state index in [9.17, 15) is 0 Å². The lowest BCUT2D eigenvalue weighted by molar-refractivity contribution is 0.510. The molecule has 1 heterocycles. The van der Waals surface area contributed by atoms with Crippen LogP contribution in [0.25, 0.3) is 0 Å². The van der Waals surface area contributed by atoms with Gasteiger partial charge in [-0.1, -0.05) is 30.7 Å². The van der Waals surface area contributed by atoms with Crippen LogP contribution in [0.15, 0.2) is 41.0 Å². The molecule has 1 atom stereocenters. The van der Waals surface area contributed by atoms with Crippen molar-refractivity contribution in [1.29, 1.82) is 0 Å².